The number of anilines is 6. The first-order valence-electron chi connectivity index (χ1n) is 23.8. The summed E-state index contributed by atoms with van der Waals surface area (Å²) < 4.78 is 16.4. The summed E-state index contributed by atoms with van der Waals surface area (Å²) in [4.78, 5) is 4.68. The Balaban J connectivity index is 1.06. The summed E-state index contributed by atoms with van der Waals surface area (Å²) in [6.45, 7) is 27.1. The summed E-state index contributed by atoms with van der Waals surface area (Å²) in [6.07, 6.45) is 0. The molecule has 0 N–H and O–H groups in total. The Bertz CT molecular complexity index is 3510. The molecule has 11 aromatic rings. The smallest absolute Gasteiger partial charge is 0.213 e. The molecule has 0 amide bonds. The fourth-order valence-corrected chi connectivity index (χ4v) is 10.1. The zero-order valence-electron chi connectivity index (χ0n) is 41.1. The summed E-state index contributed by atoms with van der Waals surface area (Å²) in [5, 5.41) is 5.50. The Hall–Kier alpha value is -6.98. The SMILES string of the molecule is CC(C)(C)c1ccc(N(c2ccc(C(C)(C)C)cc2)c2ccc3c(c2)oc2c3c3cccc4c5oc6cc(N(c7ccc(C(C)(C)C)cc7)c7ccc(C(C)(C)C)cc7)ccc6c5n2c43)cc1. The third-order valence-corrected chi connectivity index (χ3v) is 14.0. The maximum absolute atomic E-state index is 7.09. The quantitative estimate of drug-likeness (QED) is 0.167. The minimum Gasteiger partial charge on any atom is -0.454 e. The summed E-state index contributed by atoms with van der Waals surface area (Å²) in [6, 6.07) is 55.9. The third kappa shape index (κ3) is 7.05. The highest BCUT2D eigenvalue weighted by Gasteiger charge is 2.28. The average Bonchev–Trinajstić information content (AvgIpc) is 4.02. The fourth-order valence-electron chi connectivity index (χ4n) is 10.1. The molecule has 7 aromatic carbocycles. The molecule has 0 radical (unpaired) electrons. The number of hydrogen-bond acceptors (Lipinski definition) is 4. The molecule has 5 nitrogen and oxygen atoms in total. The second-order valence-electron chi connectivity index (χ2n) is 22.8. The van der Waals surface area contributed by atoms with Crippen LogP contribution < -0.4 is 9.80 Å². The zero-order chi connectivity index (χ0) is 46.9. The van der Waals surface area contributed by atoms with E-state index >= 15 is 0 Å². The second-order valence-corrected chi connectivity index (χ2v) is 22.8. The van der Waals surface area contributed by atoms with Crippen molar-refractivity contribution in [2.75, 3.05) is 9.80 Å². The van der Waals surface area contributed by atoms with Crippen LogP contribution in [-0.4, -0.2) is 4.40 Å². The van der Waals surface area contributed by atoms with E-state index in [0.717, 1.165) is 94.6 Å². The van der Waals surface area contributed by atoms with Gasteiger partial charge in [0.05, 0.1) is 10.9 Å². The van der Waals surface area contributed by atoms with Crippen molar-refractivity contribution in [3.8, 4) is 0 Å². The van der Waals surface area contributed by atoms with E-state index in [9.17, 15) is 0 Å². The topological polar surface area (TPSA) is 37.2 Å². The van der Waals surface area contributed by atoms with E-state index in [1.807, 2.05) is 0 Å². The van der Waals surface area contributed by atoms with E-state index in [1.165, 1.54) is 22.3 Å². The molecular formula is C62H61N3O2. The van der Waals surface area contributed by atoms with Crippen molar-refractivity contribution >= 4 is 94.6 Å². The fraction of sp³-hybridized carbons (Fsp3) is 0.258. The number of para-hydroxylation sites is 1. The lowest BCUT2D eigenvalue weighted by Gasteiger charge is -2.28. The van der Waals surface area contributed by atoms with Crippen molar-refractivity contribution in [1.29, 1.82) is 0 Å². The van der Waals surface area contributed by atoms with E-state index in [1.54, 1.807) is 0 Å². The van der Waals surface area contributed by atoms with Gasteiger partial charge in [-0.1, -0.05) is 144 Å². The standard InChI is InChI=1S/C62H61N3O2/c1-59(2,3)38-16-24-42(25-17-38)63(43-26-18-39(19-27-43)60(4,5)6)46-32-34-48-52(36-46)67-58-54(48)50-14-13-15-51-55(50)65(58)56-49-35-33-47(37-53(49)66-57(51)56)64(44-28-20-40(21-29-44)61(7,8)9)45-30-22-41(23-31-45)62(10,11)12/h13-37H,1-12H3. The van der Waals surface area contributed by atoms with Crippen LogP contribution in [0.25, 0.3) is 60.4 Å². The predicted molar refractivity (Wildman–Crippen MR) is 285 cm³/mol. The Morgan fingerprint density at radius 1 is 0.343 bits per heavy atom. The van der Waals surface area contributed by atoms with Crippen molar-refractivity contribution in [3.05, 3.63) is 174 Å². The Labute approximate surface area is 394 Å². The number of benzene rings is 7. The van der Waals surface area contributed by atoms with E-state index in [2.05, 4.69) is 249 Å². The molecule has 4 aromatic heterocycles. The Morgan fingerprint density at radius 2 is 0.701 bits per heavy atom. The lowest BCUT2D eigenvalue weighted by Crippen LogP contribution is -2.14. The van der Waals surface area contributed by atoms with Crippen LogP contribution in [0.4, 0.5) is 34.1 Å². The van der Waals surface area contributed by atoms with Gasteiger partial charge in [-0.2, -0.15) is 0 Å². The van der Waals surface area contributed by atoms with Crippen LogP contribution in [0.1, 0.15) is 105 Å². The van der Waals surface area contributed by atoms with Gasteiger partial charge in [0.25, 0.3) is 0 Å². The molecule has 0 saturated heterocycles. The van der Waals surface area contributed by atoms with Crippen LogP contribution in [0.3, 0.4) is 0 Å². The molecule has 0 fully saturated rings. The summed E-state index contributed by atoms with van der Waals surface area (Å²) in [5.41, 5.74) is 17.4. The predicted octanol–water partition coefficient (Wildman–Crippen LogP) is 18.5. The van der Waals surface area contributed by atoms with Crippen LogP contribution in [-0.2, 0) is 21.7 Å². The van der Waals surface area contributed by atoms with Crippen LogP contribution in [0.2, 0.25) is 0 Å². The van der Waals surface area contributed by atoms with Gasteiger partial charge >= 0.3 is 0 Å². The largest absolute Gasteiger partial charge is 0.454 e. The molecule has 0 spiro atoms. The van der Waals surface area contributed by atoms with Gasteiger partial charge in [0.1, 0.15) is 16.7 Å². The molecule has 67 heavy (non-hydrogen) atoms. The number of hydrogen-bond donors (Lipinski definition) is 0. The molecule has 0 aliphatic carbocycles. The highest BCUT2D eigenvalue weighted by Crippen LogP contribution is 2.48. The van der Waals surface area contributed by atoms with Gasteiger partial charge in [0.2, 0.25) is 5.71 Å². The summed E-state index contributed by atoms with van der Waals surface area (Å²) in [5.74, 6) is 0. The van der Waals surface area contributed by atoms with E-state index in [0.29, 0.717) is 0 Å². The van der Waals surface area contributed by atoms with Crippen molar-refractivity contribution in [2.24, 2.45) is 0 Å². The van der Waals surface area contributed by atoms with Gasteiger partial charge < -0.3 is 18.6 Å². The van der Waals surface area contributed by atoms with Crippen LogP contribution in [0.5, 0.6) is 0 Å². The van der Waals surface area contributed by atoms with Gasteiger partial charge in [-0.3, -0.25) is 4.40 Å². The second kappa shape index (κ2) is 14.8. The molecule has 0 unspecified atom stereocenters. The van der Waals surface area contributed by atoms with Gasteiger partial charge in [0.15, 0.2) is 5.58 Å². The maximum Gasteiger partial charge on any atom is 0.213 e. The average molecular weight is 880 g/mol. The molecule has 336 valence electrons. The first kappa shape index (κ1) is 42.6. The minimum atomic E-state index is 0.0528. The number of nitrogens with zero attached hydrogens (tertiary/aromatic N) is 3. The van der Waals surface area contributed by atoms with Gasteiger partial charge in [-0.15, -0.1) is 0 Å². The molecule has 0 aliphatic heterocycles. The van der Waals surface area contributed by atoms with Gasteiger partial charge in [-0.25, -0.2) is 0 Å². The molecule has 0 aliphatic rings. The zero-order valence-corrected chi connectivity index (χ0v) is 41.1. The molecule has 0 saturated carbocycles. The van der Waals surface area contributed by atoms with Crippen molar-refractivity contribution in [3.63, 3.8) is 0 Å². The summed E-state index contributed by atoms with van der Waals surface area (Å²) in [7, 11) is 0. The number of furan rings is 2. The van der Waals surface area contributed by atoms with Crippen LogP contribution in [0, 0.1) is 0 Å². The lowest BCUT2D eigenvalue weighted by molar-refractivity contribution is 0.590. The Morgan fingerprint density at radius 3 is 1.10 bits per heavy atom. The molecule has 0 atom stereocenters. The van der Waals surface area contributed by atoms with Crippen molar-refractivity contribution < 1.29 is 8.83 Å². The number of fused-ring (bicyclic) bond motifs is 10. The highest BCUT2D eigenvalue weighted by atomic mass is 16.3. The van der Waals surface area contributed by atoms with E-state index in [-0.39, 0.29) is 21.7 Å². The molecular weight excluding hydrogens is 819 g/mol. The maximum atomic E-state index is 7.09. The van der Waals surface area contributed by atoms with Crippen molar-refractivity contribution in [2.45, 2.75) is 105 Å². The highest BCUT2D eigenvalue weighted by molar-refractivity contribution is 6.29. The number of aromatic nitrogens is 1. The molecule has 4 heterocycles. The number of rotatable bonds is 6. The van der Waals surface area contributed by atoms with Crippen LogP contribution >= 0.6 is 0 Å². The van der Waals surface area contributed by atoms with E-state index < -0.39 is 0 Å². The van der Waals surface area contributed by atoms with E-state index in [4.69, 9.17) is 8.83 Å². The Kier molecular flexibility index (Phi) is 9.39. The third-order valence-electron chi connectivity index (χ3n) is 14.0. The first-order valence-corrected chi connectivity index (χ1v) is 23.8. The molecule has 0 bridgehead atoms. The first-order chi connectivity index (χ1) is 31.7. The van der Waals surface area contributed by atoms with Crippen LogP contribution in [0.15, 0.2) is 160 Å². The monoisotopic (exact) mass is 879 g/mol. The van der Waals surface area contributed by atoms with Gasteiger partial charge in [-0.05, 0) is 123 Å². The molecule has 11 rings (SSSR count). The minimum absolute atomic E-state index is 0.0528. The summed E-state index contributed by atoms with van der Waals surface area (Å²) >= 11 is 0. The normalized spacial score (nSPS) is 13.1. The van der Waals surface area contributed by atoms with Gasteiger partial charge in [0, 0.05) is 67.8 Å². The van der Waals surface area contributed by atoms with Crippen molar-refractivity contribution in [1.82, 2.24) is 4.40 Å². The lowest BCUT2D eigenvalue weighted by atomic mass is 9.86. The molecule has 5 heteroatoms.